The SMILES string of the molecule is C=C(c1ccc(NC)cc1)c1ccc(OC)cc1. The minimum absolute atomic E-state index is 0.858. The number of hydrogen-bond donors (Lipinski definition) is 1. The topological polar surface area (TPSA) is 21.3 Å². The summed E-state index contributed by atoms with van der Waals surface area (Å²) < 4.78 is 5.15. The van der Waals surface area contributed by atoms with Gasteiger partial charge in [-0.1, -0.05) is 30.8 Å². The zero-order valence-corrected chi connectivity index (χ0v) is 10.7. The van der Waals surface area contributed by atoms with Crippen LogP contribution in [0.3, 0.4) is 0 Å². The lowest BCUT2D eigenvalue weighted by atomic mass is 9.99. The van der Waals surface area contributed by atoms with E-state index in [1.807, 2.05) is 43.4 Å². The van der Waals surface area contributed by atoms with Crippen molar-refractivity contribution < 1.29 is 4.74 Å². The fraction of sp³-hybridized carbons (Fsp3) is 0.125. The molecule has 0 bridgehead atoms. The molecule has 0 heterocycles. The van der Waals surface area contributed by atoms with Gasteiger partial charge in [0, 0.05) is 12.7 Å². The van der Waals surface area contributed by atoms with Gasteiger partial charge in [0.2, 0.25) is 0 Å². The van der Waals surface area contributed by atoms with Crippen molar-refractivity contribution in [3.8, 4) is 5.75 Å². The summed E-state index contributed by atoms with van der Waals surface area (Å²) in [5.41, 5.74) is 4.34. The number of methoxy groups -OCH3 is 1. The molecule has 2 rings (SSSR count). The highest BCUT2D eigenvalue weighted by Gasteiger charge is 2.02. The molecule has 0 aromatic heterocycles. The summed E-state index contributed by atoms with van der Waals surface area (Å²) in [6.45, 7) is 4.14. The van der Waals surface area contributed by atoms with Crippen LogP contribution in [0.2, 0.25) is 0 Å². The molecular weight excluding hydrogens is 222 g/mol. The number of ether oxygens (including phenoxy) is 1. The van der Waals surface area contributed by atoms with Gasteiger partial charge in [0.15, 0.2) is 0 Å². The van der Waals surface area contributed by atoms with E-state index in [1.165, 1.54) is 0 Å². The number of rotatable bonds is 4. The van der Waals surface area contributed by atoms with Crippen LogP contribution < -0.4 is 10.1 Å². The molecule has 0 saturated heterocycles. The monoisotopic (exact) mass is 239 g/mol. The zero-order chi connectivity index (χ0) is 13.0. The molecule has 0 aliphatic rings. The molecule has 18 heavy (non-hydrogen) atoms. The van der Waals surface area contributed by atoms with Gasteiger partial charge in [-0.15, -0.1) is 0 Å². The first-order valence-electron chi connectivity index (χ1n) is 5.86. The number of anilines is 1. The number of nitrogens with one attached hydrogen (secondary N) is 1. The highest BCUT2D eigenvalue weighted by atomic mass is 16.5. The first-order chi connectivity index (χ1) is 8.74. The van der Waals surface area contributed by atoms with E-state index in [9.17, 15) is 0 Å². The molecule has 2 aromatic rings. The largest absolute Gasteiger partial charge is 0.497 e. The van der Waals surface area contributed by atoms with Crippen LogP contribution in [0.5, 0.6) is 5.75 Å². The van der Waals surface area contributed by atoms with Crippen molar-refractivity contribution in [1.82, 2.24) is 0 Å². The van der Waals surface area contributed by atoms with Gasteiger partial charge in [-0.2, -0.15) is 0 Å². The molecule has 0 spiro atoms. The first kappa shape index (κ1) is 12.2. The van der Waals surface area contributed by atoms with E-state index in [0.29, 0.717) is 0 Å². The van der Waals surface area contributed by atoms with Crippen LogP contribution >= 0.6 is 0 Å². The Labute approximate surface area is 108 Å². The zero-order valence-electron chi connectivity index (χ0n) is 10.7. The maximum atomic E-state index is 5.15. The molecule has 2 nitrogen and oxygen atoms in total. The molecule has 1 N–H and O–H groups in total. The van der Waals surface area contributed by atoms with Gasteiger partial charge in [0.1, 0.15) is 5.75 Å². The molecule has 92 valence electrons. The maximum Gasteiger partial charge on any atom is 0.118 e. The van der Waals surface area contributed by atoms with Crippen molar-refractivity contribution >= 4 is 11.3 Å². The van der Waals surface area contributed by atoms with Gasteiger partial charge in [0.05, 0.1) is 7.11 Å². The van der Waals surface area contributed by atoms with E-state index in [0.717, 1.165) is 28.1 Å². The second kappa shape index (κ2) is 5.41. The van der Waals surface area contributed by atoms with Gasteiger partial charge in [-0.25, -0.2) is 0 Å². The smallest absolute Gasteiger partial charge is 0.118 e. The Morgan fingerprint density at radius 2 is 1.44 bits per heavy atom. The maximum absolute atomic E-state index is 5.15. The first-order valence-corrected chi connectivity index (χ1v) is 5.86. The summed E-state index contributed by atoms with van der Waals surface area (Å²) in [6.07, 6.45) is 0. The van der Waals surface area contributed by atoms with Crippen molar-refractivity contribution in [3.05, 3.63) is 66.2 Å². The van der Waals surface area contributed by atoms with Crippen LogP contribution in [0.1, 0.15) is 11.1 Å². The van der Waals surface area contributed by atoms with Gasteiger partial charge in [0.25, 0.3) is 0 Å². The summed E-state index contributed by atoms with van der Waals surface area (Å²) >= 11 is 0. The summed E-state index contributed by atoms with van der Waals surface area (Å²) in [5.74, 6) is 0.858. The minimum Gasteiger partial charge on any atom is -0.497 e. The Morgan fingerprint density at radius 1 is 0.944 bits per heavy atom. The normalized spacial score (nSPS) is 9.89. The van der Waals surface area contributed by atoms with Crippen LogP contribution in [0.15, 0.2) is 55.1 Å². The molecule has 0 aliphatic carbocycles. The predicted octanol–water partition coefficient (Wildman–Crippen LogP) is 3.80. The van der Waals surface area contributed by atoms with Crippen molar-refractivity contribution in [2.24, 2.45) is 0 Å². The Hall–Kier alpha value is -2.22. The molecule has 0 unspecified atom stereocenters. The van der Waals surface area contributed by atoms with Crippen molar-refractivity contribution in [3.63, 3.8) is 0 Å². The van der Waals surface area contributed by atoms with Gasteiger partial charge >= 0.3 is 0 Å². The predicted molar refractivity (Wildman–Crippen MR) is 77.1 cm³/mol. The molecule has 0 radical (unpaired) electrons. The van der Waals surface area contributed by atoms with E-state index in [2.05, 4.69) is 24.0 Å². The highest BCUT2D eigenvalue weighted by molar-refractivity contribution is 5.78. The Kier molecular flexibility index (Phi) is 3.68. The average molecular weight is 239 g/mol. The van der Waals surface area contributed by atoms with Crippen molar-refractivity contribution in [2.75, 3.05) is 19.5 Å². The lowest BCUT2D eigenvalue weighted by molar-refractivity contribution is 0.415. The van der Waals surface area contributed by atoms with E-state index >= 15 is 0 Å². The van der Waals surface area contributed by atoms with E-state index in [-0.39, 0.29) is 0 Å². The van der Waals surface area contributed by atoms with Crippen molar-refractivity contribution in [1.29, 1.82) is 0 Å². The summed E-state index contributed by atoms with van der Waals surface area (Å²) in [6, 6.07) is 16.2. The molecule has 0 amide bonds. The standard InChI is InChI=1S/C16H17NO/c1-12(13-4-8-15(17-2)9-5-13)14-6-10-16(18-3)11-7-14/h4-11,17H,1H2,2-3H3. The van der Waals surface area contributed by atoms with E-state index in [1.54, 1.807) is 7.11 Å². The third kappa shape index (κ3) is 2.54. The molecule has 2 heteroatoms. The van der Waals surface area contributed by atoms with Crippen LogP contribution in [-0.2, 0) is 0 Å². The Bertz CT molecular complexity index is 477. The molecule has 0 saturated carbocycles. The fourth-order valence-electron chi connectivity index (χ4n) is 1.80. The Morgan fingerprint density at radius 3 is 1.89 bits per heavy atom. The third-order valence-electron chi connectivity index (χ3n) is 2.96. The lowest BCUT2D eigenvalue weighted by Crippen LogP contribution is -1.90. The number of benzene rings is 2. The van der Waals surface area contributed by atoms with Gasteiger partial charge < -0.3 is 10.1 Å². The van der Waals surface area contributed by atoms with Crippen molar-refractivity contribution in [2.45, 2.75) is 0 Å². The molecular formula is C16H17NO. The molecule has 2 aromatic carbocycles. The van der Waals surface area contributed by atoms with Gasteiger partial charge in [-0.3, -0.25) is 0 Å². The third-order valence-corrected chi connectivity index (χ3v) is 2.96. The van der Waals surface area contributed by atoms with E-state index in [4.69, 9.17) is 4.74 Å². The highest BCUT2D eigenvalue weighted by Crippen LogP contribution is 2.24. The summed E-state index contributed by atoms with van der Waals surface area (Å²) in [4.78, 5) is 0. The lowest BCUT2D eigenvalue weighted by Gasteiger charge is -2.08. The molecule has 0 fully saturated rings. The fourth-order valence-corrected chi connectivity index (χ4v) is 1.80. The second-order valence-corrected chi connectivity index (χ2v) is 4.03. The quantitative estimate of drug-likeness (QED) is 0.876. The van der Waals surface area contributed by atoms with Crippen LogP contribution in [0.25, 0.3) is 5.57 Å². The van der Waals surface area contributed by atoms with Gasteiger partial charge in [-0.05, 0) is 41.0 Å². The van der Waals surface area contributed by atoms with Crippen LogP contribution in [-0.4, -0.2) is 14.2 Å². The van der Waals surface area contributed by atoms with E-state index < -0.39 is 0 Å². The second-order valence-electron chi connectivity index (χ2n) is 4.03. The summed E-state index contributed by atoms with van der Waals surface area (Å²) in [7, 11) is 3.58. The molecule has 0 aliphatic heterocycles. The Balaban J connectivity index is 2.23. The molecule has 0 atom stereocenters. The average Bonchev–Trinajstić information content (AvgIpc) is 2.47. The number of hydrogen-bond acceptors (Lipinski definition) is 2. The van der Waals surface area contributed by atoms with Crippen LogP contribution in [0.4, 0.5) is 5.69 Å². The minimum atomic E-state index is 0.858. The summed E-state index contributed by atoms with van der Waals surface area (Å²) in [5, 5.41) is 3.10. The van der Waals surface area contributed by atoms with Crippen LogP contribution in [0, 0.1) is 0 Å².